The van der Waals surface area contributed by atoms with Gasteiger partial charge in [-0.15, -0.1) is 0 Å². The maximum Gasteiger partial charge on any atom is 0.306 e. The number of unbranched alkanes of at least 4 members (excludes halogenated alkanes) is 46. The van der Waals surface area contributed by atoms with Crippen molar-refractivity contribution in [1.29, 1.82) is 0 Å². The van der Waals surface area contributed by atoms with Gasteiger partial charge in [-0.1, -0.05) is 309 Å². The summed E-state index contributed by atoms with van der Waals surface area (Å²) in [5, 5.41) is 3.03. The van der Waals surface area contributed by atoms with Gasteiger partial charge < -0.3 is 28.5 Å². The summed E-state index contributed by atoms with van der Waals surface area (Å²) in [5.41, 5.74) is 0. The molecule has 9 nitrogen and oxygen atoms in total. The molecule has 1 N–H and O–H groups in total. The Kier molecular flexibility index (Phi) is 58.5. The molecule has 0 aromatic heterocycles. The number of rotatable bonds is 64. The molecule has 0 aromatic rings. The topological polar surface area (TPSA) is 114 Å². The number of likely N-dealkylation sites (N-methyl/N-ethyl adjacent to an activating group) is 1. The first-order valence-corrected chi connectivity index (χ1v) is 36.1. The smallest absolute Gasteiger partial charge is 0.306 e. The fourth-order valence-electron chi connectivity index (χ4n) is 10.5. The molecule has 0 saturated heterocycles. The van der Waals surface area contributed by atoms with Crippen LogP contribution < -0.4 is 10.2 Å². The number of quaternary nitrogens is 1. The summed E-state index contributed by atoms with van der Waals surface area (Å²) in [6, 6.07) is -0.891. The molecule has 0 aromatic carbocycles. The number of nitrogens with one attached hydrogen (secondary N) is 1. The first kappa shape index (κ1) is 77.5. The number of phosphoric acid groups is 1. The van der Waals surface area contributed by atoms with Crippen LogP contribution in [0, 0.1) is 0 Å². The Bertz CT molecular complexity index is 1400. The van der Waals surface area contributed by atoms with Crippen molar-refractivity contribution in [2.45, 2.75) is 367 Å². The zero-order valence-electron chi connectivity index (χ0n) is 53.6. The lowest BCUT2D eigenvalue weighted by Gasteiger charge is -2.30. The summed E-state index contributed by atoms with van der Waals surface area (Å²) in [6.07, 6.45) is 71.7. The Labute approximate surface area is 492 Å². The summed E-state index contributed by atoms with van der Waals surface area (Å²) in [7, 11) is 1.19. The Balaban J connectivity index is 4.96. The zero-order valence-corrected chi connectivity index (χ0v) is 54.5. The number of carbonyl (C=O) groups is 2. The van der Waals surface area contributed by atoms with Crippen molar-refractivity contribution in [2.24, 2.45) is 0 Å². The maximum atomic E-state index is 13.5. The van der Waals surface area contributed by atoms with Gasteiger partial charge in [0.25, 0.3) is 7.82 Å². The van der Waals surface area contributed by atoms with Crippen molar-refractivity contribution in [1.82, 2.24) is 5.32 Å². The second kappa shape index (κ2) is 59.6. The molecule has 0 aliphatic rings. The Morgan fingerprint density at radius 2 is 0.734 bits per heavy atom. The van der Waals surface area contributed by atoms with Crippen molar-refractivity contribution in [3.63, 3.8) is 0 Å². The highest BCUT2D eigenvalue weighted by molar-refractivity contribution is 7.45. The molecule has 0 aliphatic carbocycles. The van der Waals surface area contributed by atoms with Crippen molar-refractivity contribution in [3.8, 4) is 0 Å². The Morgan fingerprint density at radius 3 is 1.09 bits per heavy atom. The quantitative estimate of drug-likeness (QED) is 0.0212. The van der Waals surface area contributed by atoms with Gasteiger partial charge in [-0.05, 0) is 57.4 Å². The van der Waals surface area contributed by atoms with Gasteiger partial charge in [-0.25, -0.2) is 0 Å². The summed E-state index contributed by atoms with van der Waals surface area (Å²) < 4.78 is 30.4. The molecule has 1 amide bonds. The van der Waals surface area contributed by atoms with Crippen LogP contribution in [-0.2, 0) is 27.9 Å². The van der Waals surface area contributed by atoms with Crippen LogP contribution in [0.2, 0.25) is 0 Å². The summed E-state index contributed by atoms with van der Waals surface area (Å²) in [4.78, 5) is 40.0. The van der Waals surface area contributed by atoms with Gasteiger partial charge in [0, 0.05) is 12.8 Å². The van der Waals surface area contributed by atoms with Gasteiger partial charge in [-0.2, -0.15) is 0 Å². The lowest BCUT2D eigenvalue weighted by atomic mass is 10.0. The third kappa shape index (κ3) is 60.9. The van der Waals surface area contributed by atoms with Gasteiger partial charge in [0.2, 0.25) is 5.91 Å². The second-order valence-electron chi connectivity index (χ2n) is 25.0. The van der Waals surface area contributed by atoms with Gasteiger partial charge >= 0.3 is 5.97 Å². The van der Waals surface area contributed by atoms with Gasteiger partial charge in [0.05, 0.1) is 33.8 Å². The van der Waals surface area contributed by atoms with E-state index < -0.39 is 20.0 Å². The molecule has 0 fully saturated rings. The van der Waals surface area contributed by atoms with E-state index in [1.807, 2.05) is 33.3 Å². The number of ether oxygens (including phenoxy) is 1. The van der Waals surface area contributed by atoms with Crippen LogP contribution >= 0.6 is 7.82 Å². The number of esters is 1. The van der Waals surface area contributed by atoms with E-state index in [1.165, 1.54) is 250 Å². The highest BCUT2D eigenvalue weighted by atomic mass is 31.2. The monoisotopic (exact) mass is 1140 g/mol. The number of amides is 1. The van der Waals surface area contributed by atoms with Crippen LogP contribution in [0.4, 0.5) is 0 Å². The van der Waals surface area contributed by atoms with E-state index in [2.05, 4.69) is 38.2 Å². The molecular formula is C69H135N2O7P. The first-order chi connectivity index (χ1) is 38.4. The number of allylic oxidation sites excluding steroid dienone is 3. The molecule has 3 unspecified atom stereocenters. The molecule has 468 valence electrons. The third-order valence-corrected chi connectivity index (χ3v) is 16.8. The van der Waals surface area contributed by atoms with Crippen molar-refractivity contribution < 1.29 is 37.3 Å². The Hall–Kier alpha value is -1.51. The van der Waals surface area contributed by atoms with E-state index in [1.54, 1.807) is 0 Å². The molecular weight excluding hydrogens is 1000 g/mol. The zero-order chi connectivity index (χ0) is 57.9. The summed E-state index contributed by atoms with van der Waals surface area (Å²) >= 11 is 0. The van der Waals surface area contributed by atoms with Gasteiger partial charge in [-0.3, -0.25) is 14.2 Å². The van der Waals surface area contributed by atoms with Crippen LogP contribution in [-0.4, -0.2) is 69.4 Å². The van der Waals surface area contributed by atoms with Crippen molar-refractivity contribution >= 4 is 19.7 Å². The maximum absolute atomic E-state index is 13.5. The van der Waals surface area contributed by atoms with Crippen LogP contribution in [0.15, 0.2) is 24.3 Å². The molecule has 0 radical (unpaired) electrons. The molecule has 0 heterocycles. The second-order valence-corrected chi connectivity index (χ2v) is 26.5. The highest BCUT2D eigenvalue weighted by Gasteiger charge is 2.27. The minimum Gasteiger partial charge on any atom is -0.756 e. The van der Waals surface area contributed by atoms with E-state index in [0.29, 0.717) is 17.4 Å². The molecule has 0 spiro atoms. The van der Waals surface area contributed by atoms with Crippen molar-refractivity contribution in [2.75, 3.05) is 40.9 Å². The lowest BCUT2D eigenvalue weighted by molar-refractivity contribution is -0.870. The van der Waals surface area contributed by atoms with Crippen LogP contribution in [0.1, 0.15) is 355 Å². The number of nitrogens with zero attached hydrogens (tertiary/aromatic N) is 1. The molecule has 0 saturated carbocycles. The highest BCUT2D eigenvalue weighted by Crippen LogP contribution is 2.38. The molecule has 79 heavy (non-hydrogen) atoms. The van der Waals surface area contributed by atoms with Crippen LogP contribution in [0.5, 0.6) is 0 Å². The Morgan fingerprint density at radius 1 is 0.430 bits per heavy atom. The standard InChI is InChI=1S/C69H135N2O7P/c1-7-10-13-16-19-22-25-28-30-31-32-33-34-35-36-37-38-39-40-41-42-44-47-50-53-56-59-62-69(73)78-67(60-57-54-51-48-45-27-24-21-18-15-12-9-3)66(65-77-79(74,75)76-64-63-71(4,5)6)70-68(72)61-58-55-52-49-46-43-29-26-23-20-17-14-11-8-2/h43,46,57,60,66-67H,7-42,44-45,47-56,58-59,61-65H2,1-6H3,(H-,70,72,74,75)/b46-43-,60-57-. The van der Waals surface area contributed by atoms with Gasteiger partial charge in [0.1, 0.15) is 19.3 Å². The largest absolute Gasteiger partial charge is 0.756 e. The normalized spacial score (nSPS) is 13.7. The minimum atomic E-state index is -4.70. The van der Waals surface area contributed by atoms with E-state index in [0.717, 1.165) is 70.6 Å². The number of carbonyl (C=O) groups excluding carboxylic acids is 2. The summed E-state index contributed by atoms with van der Waals surface area (Å²) in [6.45, 7) is 6.88. The minimum absolute atomic E-state index is 0.0214. The van der Waals surface area contributed by atoms with E-state index >= 15 is 0 Å². The van der Waals surface area contributed by atoms with E-state index in [4.69, 9.17) is 13.8 Å². The van der Waals surface area contributed by atoms with E-state index in [-0.39, 0.29) is 31.5 Å². The number of phosphoric ester groups is 1. The van der Waals surface area contributed by atoms with Crippen molar-refractivity contribution in [3.05, 3.63) is 24.3 Å². The fraction of sp³-hybridized carbons (Fsp3) is 0.913. The molecule has 0 rings (SSSR count). The fourth-order valence-corrected chi connectivity index (χ4v) is 11.2. The van der Waals surface area contributed by atoms with Crippen LogP contribution in [0.3, 0.4) is 0 Å². The molecule has 0 bridgehead atoms. The first-order valence-electron chi connectivity index (χ1n) is 34.6. The molecule has 0 aliphatic heterocycles. The number of hydrogen-bond acceptors (Lipinski definition) is 7. The van der Waals surface area contributed by atoms with Crippen LogP contribution in [0.25, 0.3) is 0 Å². The summed E-state index contributed by atoms with van der Waals surface area (Å²) in [5.74, 6) is -0.540. The lowest BCUT2D eigenvalue weighted by Crippen LogP contribution is -2.47. The molecule has 10 heteroatoms. The third-order valence-electron chi connectivity index (χ3n) is 15.9. The van der Waals surface area contributed by atoms with E-state index in [9.17, 15) is 19.0 Å². The predicted octanol–water partition coefficient (Wildman–Crippen LogP) is 21.0. The van der Waals surface area contributed by atoms with Gasteiger partial charge in [0.15, 0.2) is 0 Å². The predicted molar refractivity (Wildman–Crippen MR) is 340 cm³/mol. The molecule has 3 atom stereocenters. The average molecular weight is 1140 g/mol. The SMILES string of the molecule is CCCCCCCCC/C=C\CCCCCC(=O)NC(COP(=O)([O-])OCC[N+](C)(C)C)C(/C=C\CCCCCCCCCCCC)OC(=O)CCCCCCCCCCCCCCCCCCCCCCCCCCCCC. The average Bonchev–Trinajstić information content (AvgIpc) is 3.41. The number of hydrogen-bond donors (Lipinski definition) is 1.